The number of thiocarbonyl (C=S) groups is 1. The first-order valence-electron chi connectivity index (χ1n) is 12.0. The van der Waals surface area contributed by atoms with Crippen molar-refractivity contribution < 1.29 is 23.9 Å². The molecule has 2 fully saturated rings. The number of carbonyl (C=O) groups is 3. The van der Waals surface area contributed by atoms with Crippen LogP contribution in [0.3, 0.4) is 0 Å². The minimum Gasteiger partial charge on any atom is -0.494 e. The highest BCUT2D eigenvalue weighted by molar-refractivity contribution is 7.80. The van der Waals surface area contributed by atoms with Crippen LogP contribution in [0, 0.1) is 0 Å². The smallest absolute Gasteiger partial charge is 0.270 e. The third-order valence-corrected chi connectivity index (χ3v) is 6.56. The summed E-state index contributed by atoms with van der Waals surface area (Å²) in [6, 6.07) is 14.5. The van der Waals surface area contributed by atoms with E-state index in [-0.39, 0.29) is 23.1 Å². The highest BCUT2D eigenvalue weighted by atomic mass is 32.1. The molecule has 0 radical (unpaired) electrons. The van der Waals surface area contributed by atoms with Gasteiger partial charge in [-0.3, -0.25) is 24.6 Å². The van der Waals surface area contributed by atoms with Gasteiger partial charge in [-0.05, 0) is 43.4 Å². The Hall–Kier alpha value is -4.02. The lowest BCUT2D eigenvalue weighted by Crippen LogP contribution is -2.54. The van der Waals surface area contributed by atoms with Crippen LogP contribution in [-0.2, 0) is 25.7 Å². The van der Waals surface area contributed by atoms with E-state index in [9.17, 15) is 14.4 Å². The van der Waals surface area contributed by atoms with E-state index in [4.69, 9.17) is 21.7 Å². The molecule has 37 heavy (non-hydrogen) atoms. The van der Waals surface area contributed by atoms with Gasteiger partial charge in [-0.15, -0.1) is 0 Å². The summed E-state index contributed by atoms with van der Waals surface area (Å²) in [5.41, 5.74) is 1.92. The summed E-state index contributed by atoms with van der Waals surface area (Å²) >= 11 is 5.33. The number of hydrogen-bond donors (Lipinski definition) is 1. The molecule has 3 aromatic rings. The van der Waals surface area contributed by atoms with Crippen LogP contribution in [-0.4, -0.2) is 65.2 Å². The number of fused-ring (bicyclic) bond motifs is 1. The summed E-state index contributed by atoms with van der Waals surface area (Å²) in [6.07, 6.45) is 3.35. The van der Waals surface area contributed by atoms with Gasteiger partial charge in [0.2, 0.25) is 5.91 Å². The SMILES string of the molecule is CCOc1cccc(N2C(=O)/C(=C/c3cn(CC(=O)N4CCOCC4)c4ccccc34)C(=O)NC2=S)c1. The van der Waals surface area contributed by atoms with Crippen molar-refractivity contribution in [1.82, 2.24) is 14.8 Å². The van der Waals surface area contributed by atoms with Gasteiger partial charge < -0.3 is 18.9 Å². The van der Waals surface area contributed by atoms with Crippen LogP contribution in [0.25, 0.3) is 17.0 Å². The number of para-hydroxylation sites is 1. The first-order chi connectivity index (χ1) is 18.0. The summed E-state index contributed by atoms with van der Waals surface area (Å²) in [5.74, 6) is -0.538. The molecular weight excluding hydrogens is 492 g/mol. The molecule has 0 aliphatic carbocycles. The number of benzene rings is 2. The van der Waals surface area contributed by atoms with Crippen LogP contribution in [0.1, 0.15) is 12.5 Å². The number of carbonyl (C=O) groups excluding carboxylic acids is 3. The highest BCUT2D eigenvalue weighted by Gasteiger charge is 2.35. The largest absolute Gasteiger partial charge is 0.494 e. The summed E-state index contributed by atoms with van der Waals surface area (Å²) in [5, 5.41) is 3.44. The van der Waals surface area contributed by atoms with E-state index in [1.165, 1.54) is 4.90 Å². The Labute approximate surface area is 219 Å². The molecule has 2 aliphatic heterocycles. The Kier molecular flexibility index (Phi) is 7.02. The molecule has 2 aromatic carbocycles. The first-order valence-corrected chi connectivity index (χ1v) is 12.4. The second-order valence-corrected chi connectivity index (χ2v) is 9.00. The zero-order valence-electron chi connectivity index (χ0n) is 20.3. The number of nitrogens with zero attached hydrogens (tertiary/aromatic N) is 3. The maximum absolute atomic E-state index is 13.5. The van der Waals surface area contributed by atoms with Gasteiger partial charge in [0, 0.05) is 41.8 Å². The normalized spacial score (nSPS) is 17.4. The summed E-state index contributed by atoms with van der Waals surface area (Å²) < 4.78 is 12.7. The highest BCUT2D eigenvalue weighted by Crippen LogP contribution is 2.28. The van der Waals surface area contributed by atoms with Crippen molar-refractivity contribution in [3.05, 3.63) is 65.9 Å². The van der Waals surface area contributed by atoms with Crippen molar-refractivity contribution in [1.29, 1.82) is 0 Å². The molecule has 0 unspecified atom stereocenters. The molecule has 3 heterocycles. The lowest BCUT2D eigenvalue weighted by atomic mass is 10.1. The maximum atomic E-state index is 13.5. The number of anilines is 1. The van der Waals surface area contributed by atoms with E-state index in [0.717, 1.165) is 10.9 Å². The molecule has 0 spiro atoms. The van der Waals surface area contributed by atoms with E-state index in [2.05, 4.69) is 5.32 Å². The zero-order chi connectivity index (χ0) is 25.9. The molecule has 0 saturated carbocycles. The van der Waals surface area contributed by atoms with Crippen molar-refractivity contribution in [3.8, 4) is 5.75 Å². The molecule has 9 nitrogen and oxygen atoms in total. The van der Waals surface area contributed by atoms with E-state index in [0.29, 0.717) is 49.9 Å². The number of ether oxygens (including phenoxy) is 2. The Morgan fingerprint density at radius 2 is 1.92 bits per heavy atom. The van der Waals surface area contributed by atoms with E-state index in [1.807, 2.05) is 35.8 Å². The average Bonchev–Trinajstić information content (AvgIpc) is 3.24. The van der Waals surface area contributed by atoms with Crippen LogP contribution >= 0.6 is 12.2 Å². The minimum atomic E-state index is -0.576. The van der Waals surface area contributed by atoms with Gasteiger partial charge >= 0.3 is 0 Å². The molecule has 190 valence electrons. The second-order valence-electron chi connectivity index (χ2n) is 8.61. The van der Waals surface area contributed by atoms with Crippen molar-refractivity contribution in [2.45, 2.75) is 13.5 Å². The third kappa shape index (κ3) is 4.98. The number of nitrogens with one attached hydrogen (secondary N) is 1. The predicted octanol–water partition coefficient (Wildman–Crippen LogP) is 2.73. The van der Waals surface area contributed by atoms with Crippen LogP contribution in [0.15, 0.2) is 60.3 Å². The molecule has 1 aromatic heterocycles. The number of morpholine rings is 1. The molecule has 0 atom stereocenters. The fraction of sp³-hybridized carbons (Fsp3) is 0.259. The van der Waals surface area contributed by atoms with Gasteiger partial charge in [-0.25, -0.2) is 0 Å². The van der Waals surface area contributed by atoms with E-state index in [1.54, 1.807) is 41.4 Å². The standard InChI is InChI=1S/C27H26N4O5S/c1-2-36-20-7-5-6-19(15-20)31-26(34)22(25(33)28-27(31)37)14-18-16-30(23-9-4-3-8-21(18)23)17-24(32)29-10-12-35-13-11-29/h3-9,14-16H,2,10-13,17H2,1H3,(H,28,33,37)/b22-14+. The Balaban J connectivity index is 1.49. The number of rotatable bonds is 6. The number of aromatic nitrogens is 1. The van der Waals surface area contributed by atoms with Crippen molar-refractivity contribution in [2.75, 3.05) is 37.8 Å². The fourth-order valence-electron chi connectivity index (χ4n) is 4.51. The molecule has 10 heteroatoms. The van der Waals surface area contributed by atoms with Crippen LogP contribution in [0.4, 0.5) is 5.69 Å². The van der Waals surface area contributed by atoms with Gasteiger partial charge in [-0.1, -0.05) is 24.3 Å². The summed E-state index contributed by atoms with van der Waals surface area (Å²) in [6.45, 7) is 4.66. The first kappa shape index (κ1) is 24.7. The van der Waals surface area contributed by atoms with Crippen molar-refractivity contribution in [2.24, 2.45) is 0 Å². The van der Waals surface area contributed by atoms with Gasteiger partial charge in [0.15, 0.2) is 5.11 Å². The summed E-state index contributed by atoms with van der Waals surface area (Å²) in [7, 11) is 0. The molecular formula is C27H26N4O5S. The van der Waals surface area contributed by atoms with Crippen LogP contribution in [0.2, 0.25) is 0 Å². The van der Waals surface area contributed by atoms with E-state index >= 15 is 0 Å². The van der Waals surface area contributed by atoms with E-state index < -0.39 is 11.8 Å². The zero-order valence-corrected chi connectivity index (χ0v) is 21.1. The lowest BCUT2D eigenvalue weighted by molar-refractivity contribution is -0.135. The minimum absolute atomic E-state index is 0.000616. The van der Waals surface area contributed by atoms with Gasteiger partial charge in [-0.2, -0.15) is 0 Å². The topological polar surface area (TPSA) is 93.1 Å². The van der Waals surface area contributed by atoms with Crippen LogP contribution in [0.5, 0.6) is 5.75 Å². The molecule has 2 aliphatic rings. The van der Waals surface area contributed by atoms with Gasteiger partial charge in [0.1, 0.15) is 17.9 Å². The third-order valence-electron chi connectivity index (χ3n) is 6.28. The van der Waals surface area contributed by atoms with Gasteiger partial charge in [0.25, 0.3) is 11.8 Å². The van der Waals surface area contributed by atoms with Crippen LogP contribution < -0.4 is 15.0 Å². The molecule has 1 N–H and O–H groups in total. The lowest BCUT2D eigenvalue weighted by Gasteiger charge is -2.29. The second kappa shape index (κ2) is 10.5. The molecule has 5 rings (SSSR count). The quantitative estimate of drug-likeness (QED) is 0.307. The Morgan fingerprint density at radius 1 is 1.14 bits per heavy atom. The molecule has 0 bridgehead atoms. The Bertz CT molecular complexity index is 1420. The van der Waals surface area contributed by atoms with Crippen molar-refractivity contribution in [3.63, 3.8) is 0 Å². The van der Waals surface area contributed by atoms with Crippen molar-refractivity contribution >= 4 is 57.7 Å². The Morgan fingerprint density at radius 3 is 2.70 bits per heavy atom. The molecule has 3 amide bonds. The van der Waals surface area contributed by atoms with Gasteiger partial charge in [0.05, 0.1) is 25.5 Å². The maximum Gasteiger partial charge on any atom is 0.270 e. The fourth-order valence-corrected chi connectivity index (χ4v) is 4.79. The number of amides is 3. The monoisotopic (exact) mass is 518 g/mol. The predicted molar refractivity (Wildman–Crippen MR) is 143 cm³/mol. The average molecular weight is 519 g/mol. The summed E-state index contributed by atoms with van der Waals surface area (Å²) in [4.78, 5) is 42.4. The number of hydrogen-bond acceptors (Lipinski definition) is 6. The molecule has 2 saturated heterocycles.